The van der Waals surface area contributed by atoms with E-state index in [1.807, 2.05) is 30.1 Å². The molecule has 1 fully saturated rings. The Morgan fingerprint density at radius 1 is 1.14 bits per heavy atom. The van der Waals surface area contributed by atoms with Crippen LogP contribution in [0.3, 0.4) is 0 Å². The summed E-state index contributed by atoms with van der Waals surface area (Å²) in [6, 6.07) is 9.35. The summed E-state index contributed by atoms with van der Waals surface area (Å²) in [5.74, 6) is -0.170. The van der Waals surface area contributed by atoms with Gasteiger partial charge in [-0.05, 0) is 43.1 Å². The predicted molar refractivity (Wildman–Crippen MR) is 81.2 cm³/mol. The van der Waals surface area contributed by atoms with Crippen molar-refractivity contribution >= 4 is 0 Å². The van der Waals surface area contributed by atoms with Crippen LogP contribution in [0.1, 0.15) is 43.0 Å². The number of nitrogens with zero attached hydrogens (tertiary/aromatic N) is 3. The van der Waals surface area contributed by atoms with Gasteiger partial charge in [-0.3, -0.25) is 9.58 Å². The topological polar surface area (TPSA) is 21.1 Å². The van der Waals surface area contributed by atoms with Gasteiger partial charge in [0.25, 0.3) is 0 Å². The van der Waals surface area contributed by atoms with Crippen LogP contribution in [0.25, 0.3) is 0 Å². The number of benzene rings is 1. The summed E-state index contributed by atoms with van der Waals surface area (Å²) in [6.45, 7) is 1.94. The number of aryl methyl sites for hydroxylation is 1. The highest BCUT2D eigenvalue weighted by Crippen LogP contribution is 2.30. The number of hydrogen-bond acceptors (Lipinski definition) is 2. The van der Waals surface area contributed by atoms with Crippen molar-refractivity contribution in [3.05, 3.63) is 53.6 Å². The number of rotatable bonds is 3. The van der Waals surface area contributed by atoms with Crippen molar-refractivity contribution in [2.24, 2.45) is 7.05 Å². The van der Waals surface area contributed by atoms with Crippen molar-refractivity contribution in [2.45, 2.75) is 38.3 Å². The molecule has 0 amide bonds. The van der Waals surface area contributed by atoms with E-state index in [4.69, 9.17) is 0 Å². The molecule has 1 aromatic heterocycles. The average Bonchev–Trinajstić information content (AvgIpc) is 2.77. The molecule has 2 aromatic rings. The summed E-state index contributed by atoms with van der Waals surface area (Å²) >= 11 is 0. The number of hydrogen-bond donors (Lipinski definition) is 0. The lowest BCUT2D eigenvalue weighted by Crippen LogP contribution is -2.28. The Hall–Kier alpha value is -1.68. The van der Waals surface area contributed by atoms with Gasteiger partial charge in [-0.2, -0.15) is 5.10 Å². The molecule has 2 heterocycles. The van der Waals surface area contributed by atoms with E-state index >= 15 is 0 Å². The van der Waals surface area contributed by atoms with E-state index in [0.29, 0.717) is 6.04 Å². The monoisotopic (exact) mass is 287 g/mol. The highest BCUT2D eigenvalue weighted by atomic mass is 19.1. The van der Waals surface area contributed by atoms with E-state index in [9.17, 15) is 4.39 Å². The van der Waals surface area contributed by atoms with Crippen LogP contribution in [-0.2, 0) is 13.6 Å². The number of likely N-dealkylation sites (tertiary alicyclic amines) is 1. The lowest BCUT2D eigenvalue weighted by molar-refractivity contribution is 0.188. The van der Waals surface area contributed by atoms with Crippen LogP contribution in [-0.4, -0.2) is 21.2 Å². The molecule has 1 aromatic carbocycles. The summed E-state index contributed by atoms with van der Waals surface area (Å²) in [4.78, 5) is 2.49. The molecule has 0 N–H and O–H groups in total. The molecule has 0 saturated carbocycles. The molecule has 0 bridgehead atoms. The minimum Gasteiger partial charge on any atom is -0.290 e. The summed E-state index contributed by atoms with van der Waals surface area (Å²) in [5.41, 5.74) is 2.32. The Kier molecular flexibility index (Phi) is 4.34. The summed E-state index contributed by atoms with van der Waals surface area (Å²) in [6.07, 6.45) is 6.92. The second-order valence-electron chi connectivity index (χ2n) is 5.88. The second kappa shape index (κ2) is 6.39. The van der Waals surface area contributed by atoms with Crippen molar-refractivity contribution in [1.29, 1.82) is 0 Å². The van der Waals surface area contributed by atoms with E-state index in [1.165, 1.54) is 24.8 Å². The summed E-state index contributed by atoms with van der Waals surface area (Å²) < 4.78 is 14.9. The standard InChI is InChI=1S/C17H22FN3/c1-20-12-10-16(19-20)17-5-3-2-4-11-21(17)13-14-6-8-15(18)9-7-14/h6-10,12,17H,2-5,11,13H2,1H3/t17-/m0/s1. The van der Waals surface area contributed by atoms with Gasteiger partial charge in [0.05, 0.1) is 11.7 Å². The number of halogens is 1. The van der Waals surface area contributed by atoms with Crippen LogP contribution in [0.15, 0.2) is 36.5 Å². The highest BCUT2D eigenvalue weighted by Gasteiger charge is 2.24. The molecular formula is C17H22FN3. The van der Waals surface area contributed by atoms with Crippen LogP contribution < -0.4 is 0 Å². The third-order valence-electron chi connectivity index (χ3n) is 4.24. The van der Waals surface area contributed by atoms with Gasteiger partial charge in [-0.15, -0.1) is 0 Å². The summed E-state index contributed by atoms with van der Waals surface area (Å²) in [7, 11) is 1.96. The fraction of sp³-hybridized carbons (Fsp3) is 0.471. The second-order valence-corrected chi connectivity index (χ2v) is 5.88. The van der Waals surface area contributed by atoms with E-state index in [-0.39, 0.29) is 5.82 Å². The molecular weight excluding hydrogens is 265 g/mol. The quantitative estimate of drug-likeness (QED) is 0.858. The molecule has 1 atom stereocenters. The maximum Gasteiger partial charge on any atom is 0.123 e. The van der Waals surface area contributed by atoms with Crippen molar-refractivity contribution in [3.63, 3.8) is 0 Å². The SMILES string of the molecule is Cn1ccc([C@@H]2CCCCCN2Cc2ccc(F)cc2)n1. The average molecular weight is 287 g/mol. The third kappa shape index (κ3) is 3.50. The lowest BCUT2D eigenvalue weighted by atomic mass is 10.1. The van der Waals surface area contributed by atoms with E-state index in [2.05, 4.69) is 16.1 Å². The summed E-state index contributed by atoms with van der Waals surface area (Å²) in [5, 5.41) is 4.60. The first kappa shape index (κ1) is 14.3. The van der Waals surface area contributed by atoms with Gasteiger partial charge in [0.15, 0.2) is 0 Å². The zero-order chi connectivity index (χ0) is 14.7. The Balaban J connectivity index is 1.80. The van der Waals surface area contributed by atoms with Gasteiger partial charge in [0.1, 0.15) is 5.82 Å². The Morgan fingerprint density at radius 3 is 2.67 bits per heavy atom. The number of aromatic nitrogens is 2. The molecule has 0 aliphatic carbocycles. The minimum atomic E-state index is -0.170. The first-order valence-corrected chi connectivity index (χ1v) is 7.70. The van der Waals surface area contributed by atoms with E-state index < -0.39 is 0 Å². The lowest BCUT2D eigenvalue weighted by Gasteiger charge is -2.28. The van der Waals surface area contributed by atoms with Gasteiger partial charge < -0.3 is 0 Å². The van der Waals surface area contributed by atoms with Crippen molar-refractivity contribution in [1.82, 2.24) is 14.7 Å². The van der Waals surface area contributed by atoms with Crippen LogP contribution in [0, 0.1) is 5.82 Å². The smallest absolute Gasteiger partial charge is 0.123 e. The van der Waals surface area contributed by atoms with E-state index in [1.54, 1.807) is 12.1 Å². The third-order valence-corrected chi connectivity index (χ3v) is 4.24. The van der Waals surface area contributed by atoms with Crippen LogP contribution >= 0.6 is 0 Å². The van der Waals surface area contributed by atoms with Crippen molar-refractivity contribution in [2.75, 3.05) is 6.54 Å². The molecule has 3 nitrogen and oxygen atoms in total. The molecule has 21 heavy (non-hydrogen) atoms. The minimum absolute atomic E-state index is 0.170. The Morgan fingerprint density at radius 2 is 1.95 bits per heavy atom. The van der Waals surface area contributed by atoms with Crippen LogP contribution in [0.5, 0.6) is 0 Å². The first-order valence-electron chi connectivity index (χ1n) is 7.70. The predicted octanol–water partition coefficient (Wildman–Crippen LogP) is 3.68. The molecule has 4 heteroatoms. The van der Waals surface area contributed by atoms with Gasteiger partial charge >= 0.3 is 0 Å². The zero-order valence-corrected chi connectivity index (χ0v) is 12.5. The molecule has 1 aliphatic heterocycles. The van der Waals surface area contributed by atoms with Crippen molar-refractivity contribution in [3.8, 4) is 0 Å². The fourth-order valence-electron chi connectivity index (χ4n) is 3.13. The molecule has 0 spiro atoms. The maximum absolute atomic E-state index is 13.0. The Labute approximate surface area is 125 Å². The van der Waals surface area contributed by atoms with Gasteiger partial charge in [-0.25, -0.2) is 4.39 Å². The first-order chi connectivity index (χ1) is 10.2. The largest absolute Gasteiger partial charge is 0.290 e. The molecule has 1 saturated heterocycles. The molecule has 3 rings (SSSR count). The molecule has 0 unspecified atom stereocenters. The Bertz CT molecular complexity index is 576. The van der Waals surface area contributed by atoms with E-state index in [0.717, 1.165) is 25.2 Å². The van der Waals surface area contributed by atoms with Gasteiger partial charge in [0, 0.05) is 19.8 Å². The van der Waals surface area contributed by atoms with Crippen molar-refractivity contribution < 1.29 is 4.39 Å². The van der Waals surface area contributed by atoms with Crippen LogP contribution in [0.4, 0.5) is 4.39 Å². The maximum atomic E-state index is 13.0. The van der Waals surface area contributed by atoms with Gasteiger partial charge in [0.2, 0.25) is 0 Å². The highest BCUT2D eigenvalue weighted by molar-refractivity contribution is 5.17. The molecule has 0 radical (unpaired) electrons. The zero-order valence-electron chi connectivity index (χ0n) is 12.5. The van der Waals surface area contributed by atoms with Gasteiger partial charge in [-0.1, -0.05) is 25.0 Å². The molecule has 112 valence electrons. The fourth-order valence-corrected chi connectivity index (χ4v) is 3.13. The normalized spacial score (nSPS) is 20.4. The molecule has 1 aliphatic rings. The van der Waals surface area contributed by atoms with Crippen LogP contribution in [0.2, 0.25) is 0 Å².